The fraction of sp³-hybridized carbons (Fsp3) is 0.250. The van der Waals surface area contributed by atoms with Gasteiger partial charge in [-0.05, 0) is 17.7 Å². The summed E-state index contributed by atoms with van der Waals surface area (Å²) in [6.45, 7) is -0.608. The minimum Gasteiger partial charge on any atom is -0.508 e. The highest BCUT2D eigenvalue weighted by Gasteiger charge is 2.04. The first-order valence-corrected chi connectivity index (χ1v) is 3.34. The molecule has 0 aliphatic carbocycles. The van der Waals surface area contributed by atoms with Gasteiger partial charge in [-0.2, -0.15) is 0 Å². The van der Waals surface area contributed by atoms with Crippen molar-refractivity contribution >= 4 is 12.4 Å². The Bertz CT molecular complexity index is 244. The lowest BCUT2D eigenvalue weighted by Crippen LogP contribution is -2.11. The molecule has 0 fully saturated rings. The molecule has 1 aromatic rings. The second-order valence-electron chi connectivity index (χ2n) is 2.36. The summed E-state index contributed by atoms with van der Waals surface area (Å²) < 4.78 is 12.0. The molecule has 3 N–H and O–H groups in total. The van der Waals surface area contributed by atoms with Crippen LogP contribution in [-0.4, -0.2) is 11.8 Å². The molecule has 2 nitrogen and oxygen atoms in total. The molecule has 0 radical (unpaired) electrons. The molecule has 1 aromatic carbocycles. The average molecular weight is 192 g/mol. The molecule has 0 bridgehead atoms. The van der Waals surface area contributed by atoms with E-state index in [2.05, 4.69) is 0 Å². The van der Waals surface area contributed by atoms with Crippen molar-refractivity contribution < 1.29 is 9.50 Å². The maximum atomic E-state index is 12.0. The lowest BCUT2D eigenvalue weighted by Gasteiger charge is -2.06. The van der Waals surface area contributed by atoms with Crippen LogP contribution in [0.25, 0.3) is 0 Å². The van der Waals surface area contributed by atoms with Crippen LogP contribution in [0.2, 0.25) is 0 Å². The Kier molecular flexibility index (Phi) is 4.62. The number of phenolic OH excluding ortho intramolecular Hbond substituents is 1. The third-order valence-corrected chi connectivity index (χ3v) is 1.46. The molecule has 68 valence electrons. The summed E-state index contributed by atoms with van der Waals surface area (Å²) in [5.74, 6) is 0.117. The fourth-order valence-corrected chi connectivity index (χ4v) is 0.845. The zero-order valence-electron chi connectivity index (χ0n) is 6.40. The Morgan fingerprint density at radius 2 is 2.17 bits per heavy atom. The van der Waals surface area contributed by atoms with Gasteiger partial charge < -0.3 is 10.8 Å². The van der Waals surface area contributed by atoms with Gasteiger partial charge in [0, 0.05) is 0 Å². The van der Waals surface area contributed by atoms with Crippen molar-refractivity contribution in [3.05, 3.63) is 29.8 Å². The van der Waals surface area contributed by atoms with Crippen LogP contribution in [-0.2, 0) is 0 Å². The highest BCUT2D eigenvalue weighted by atomic mass is 35.5. The topological polar surface area (TPSA) is 46.2 Å². The monoisotopic (exact) mass is 191 g/mol. The second kappa shape index (κ2) is 4.95. The Morgan fingerprint density at radius 1 is 1.50 bits per heavy atom. The molecule has 0 saturated heterocycles. The first kappa shape index (κ1) is 11.2. The summed E-state index contributed by atoms with van der Waals surface area (Å²) >= 11 is 0. The molecule has 4 heteroatoms. The van der Waals surface area contributed by atoms with Crippen molar-refractivity contribution in [2.24, 2.45) is 5.73 Å². The van der Waals surface area contributed by atoms with E-state index in [1.54, 1.807) is 12.1 Å². The zero-order valence-corrected chi connectivity index (χ0v) is 7.22. The van der Waals surface area contributed by atoms with E-state index in [1.807, 2.05) is 0 Å². The minimum absolute atomic E-state index is 0. The van der Waals surface area contributed by atoms with Gasteiger partial charge in [0.05, 0.1) is 6.04 Å². The molecular weight excluding hydrogens is 181 g/mol. The molecule has 1 rings (SSSR count). The van der Waals surface area contributed by atoms with E-state index in [1.165, 1.54) is 12.1 Å². The number of benzene rings is 1. The van der Waals surface area contributed by atoms with E-state index in [0.29, 0.717) is 5.56 Å². The Morgan fingerprint density at radius 3 is 2.67 bits per heavy atom. The lowest BCUT2D eigenvalue weighted by atomic mass is 10.1. The third kappa shape index (κ3) is 2.68. The Balaban J connectivity index is 0.00000121. The third-order valence-electron chi connectivity index (χ3n) is 1.46. The zero-order chi connectivity index (χ0) is 8.27. The Labute approximate surface area is 76.6 Å². The largest absolute Gasteiger partial charge is 0.508 e. The van der Waals surface area contributed by atoms with E-state index >= 15 is 0 Å². The van der Waals surface area contributed by atoms with Gasteiger partial charge in [-0.25, -0.2) is 4.39 Å². The number of rotatable bonds is 2. The van der Waals surface area contributed by atoms with E-state index < -0.39 is 12.7 Å². The highest BCUT2D eigenvalue weighted by molar-refractivity contribution is 5.85. The maximum Gasteiger partial charge on any atom is 0.115 e. The summed E-state index contributed by atoms with van der Waals surface area (Å²) in [4.78, 5) is 0. The van der Waals surface area contributed by atoms with Gasteiger partial charge in [0.2, 0.25) is 0 Å². The van der Waals surface area contributed by atoms with Crippen LogP contribution in [0.1, 0.15) is 11.6 Å². The van der Waals surface area contributed by atoms with Gasteiger partial charge in [-0.3, -0.25) is 0 Å². The van der Waals surface area contributed by atoms with Crippen LogP contribution in [0.15, 0.2) is 24.3 Å². The fourth-order valence-electron chi connectivity index (χ4n) is 0.845. The summed E-state index contributed by atoms with van der Waals surface area (Å²) in [7, 11) is 0. The molecule has 0 aliphatic rings. The van der Waals surface area contributed by atoms with Crippen LogP contribution in [0.4, 0.5) is 4.39 Å². The van der Waals surface area contributed by atoms with Crippen molar-refractivity contribution in [1.82, 2.24) is 0 Å². The van der Waals surface area contributed by atoms with Gasteiger partial charge in [0.1, 0.15) is 12.4 Å². The second-order valence-corrected chi connectivity index (χ2v) is 2.36. The number of phenols is 1. The van der Waals surface area contributed by atoms with Crippen molar-refractivity contribution in [1.29, 1.82) is 0 Å². The summed E-state index contributed by atoms with van der Waals surface area (Å²) in [6.07, 6.45) is 0. The average Bonchev–Trinajstić information content (AvgIpc) is 2.03. The molecule has 0 unspecified atom stereocenters. The van der Waals surface area contributed by atoms with Crippen LogP contribution < -0.4 is 5.73 Å². The predicted octanol–water partition coefficient (Wildman–Crippen LogP) is 1.78. The van der Waals surface area contributed by atoms with Gasteiger partial charge in [-0.15, -0.1) is 12.4 Å². The Hall–Kier alpha value is -0.800. The molecule has 0 aromatic heterocycles. The quantitative estimate of drug-likeness (QED) is 0.749. The highest BCUT2D eigenvalue weighted by Crippen LogP contribution is 2.16. The number of hydrogen-bond acceptors (Lipinski definition) is 2. The van der Waals surface area contributed by atoms with Crippen molar-refractivity contribution in [3.8, 4) is 5.75 Å². The molecule has 0 saturated carbocycles. The first-order valence-electron chi connectivity index (χ1n) is 3.34. The van der Waals surface area contributed by atoms with Crippen LogP contribution in [0, 0.1) is 0 Å². The molecule has 0 spiro atoms. The van der Waals surface area contributed by atoms with Crippen molar-refractivity contribution in [3.63, 3.8) is 0 Å². The summed E-state index contributed by atoms with van der Waals surface area (Å²) in [6, 6.07) is 5.69. The number of hydrogen-bond donors (Lipinski definition) is 2. The summed E-state index contributed by atoms with van der Waals surface area (Å²) in [5, 5.41) is 8.98. The van der Waals surface area contributed by atoms with Crippen LogP contribution >= 0.6 is 12.4 Å². The van der Waals surface area contributed by atoms with Crippen LogP contribution in [0.5, 0.6) is 5.75 Å². The molecule has 12 heavy (non-hydrogen) atoms. The van der Waals surface area contributed by atoms with Gasteiger partial charge in [0.25, 0.3) is 0 Å². The van der Waals surface area contributed by atoms with Gasteiger partial charge in [-0.1, -0.05) is 12.1 Å². The number of halogens is 2. The summed E-state index contributed by atoms with van der Waals surface area (Å²) in [5.41, 5.74) is 6.00. The van der Waals surface area contributed by atoms with Gasteiger partial charge in [0.15, 0.2) is 0 Å². The number of nitrogens with two attached hydrogens (primary N) is 1. The lowest BCUT2D eigenvalue weighted by molar-refractivity contribution is 0.434. The molecule has 0 amide bonds. The normalized spacial score (nSPS) is 11.8. The standard InChI is InChI=1S/C8H10FNO.ClH/c9-5-8(10)6-2-1-3-7(11)4-6;/h1-4,8,11H,5,10H2;1H/t8-;/m1./s1. The number of alkyl halides is 1. The van der Waals surface area contributed by atoms with Crippen molar-refractivity contribution in [2.75, 3.05) is 6.67 Å². The molecule has 0 heterocycles. The predicted molar refractivity (Wildman–Crippen MR) is 48.3 cm³/mol. The van der Waals surface area contributed by atoms with Crippen molar-refractivity contribution in [2.45, 2.75) is 6.04 Å². The minimum atomic E-state index is -0.623. The van der Waals surface area contributed by atoms with E-state index in [-0.39, 0.29) is 18.2 Å². The smallest absolute Gasteiger partial charge is 0.115 e. The van der Waals surface area contributed by atoms with Crippen LogP contribution in [0.3, 0.4) is 0 Å². The van der Waals surface area contributed by atoms with E-state index in [0.717, 1.165) is 0 Å². The molecular formula is C8H11ClFNO. The number of aromatic hydroxyl groups is 1. The SMILES string of the molecule is Cl.N[C@H](CF)c1cccc(O)c1. The molecule has 0 aliphatic heterocycles. The van der Waals surface area contributed by atoms with E-state index in [4.69, 9.17) is 10.8 Å². The first-order chi connectivity index (χ1) is 5.24. The maximum absolute atomic E-state index is 12.0. The molecule has 1 atom stereocenters. The van der Waals surface area contributed by atoms with Gasteiger partial charge >= 0.3 is 0 Å². The van der Waals surface area contributed by atoms with E-state index in [9.17, 15) is 4.39 Å².